The van der Waals surface area contributed by atoms with Crippen molar-refractivity contribution in [3.8, 4) is 0 Å². The Morgan fingerprint density at radius 3 is 1.46 bits per heavy atom. The van der Waals surface area contributed by atoms with Crippen molar-refractivity contribution in [3.63, 3.8) is 0 Å². The second-order valence-electron chi connectivity index (χ2n) is 10.2. The summed E-state index contributed by atoms with van der Waals surface area (Å²) >= 11 is 0. The Kier molecular flexibility index (Phi) is 13.5. The molecule has 1 aliphatic carbocycles. The van der Waals surface area contributed by atoms with E-state index in [0.29, 0.717) is 0 Å². The first kappa shape index (κ1) is 30.1. The van der Waals surface area contributed by atoms with E-state index in [1.807, 2.05) is 0 Å². The molecule has 0 aliphatic heterocycles. The summed E-state index contributed by atoms with van der Waals surface area (Å²) in [5, 5.41) is 0.646. The van der Waals surface area contributed by atoms with Crippen LogP contribution in [0, 0.1) is 0 Å². The van der Waals surface area contributed by atoms with Gasteiger partial charge in [0.2, 0.25) is 0 Å². The van der Waals surface area contributed by atoms with Gasteiger partial charge in [0.05, 0.1) is 0 Å². The van der Waals surface area contributed by atoms with Crippen molar-refractivity contribution in [2.75, 3.05) is 0 Å². The summed E-state index contributed by atoms with van der Waals surface area (Å²) in [6, 6.07) is 0. The van der Waals surface area contributed by atoms with Crippen LogP contribution in [0.5, 0.6) is 0 Å². The molecular weight excluding hydrogens is 393 g/mol. The Hall–Kier alpha value is -0.0957. The van der Waals surface area contributed by atoms with E-state index >= 15 is 0 Å². The van der Waals surface area contributed by atoms with Crippen LogP contribution in [0.25, 0.3) is 0 Å². The molecule has 0 radical (unpaired) electrons. The van der Waals surface area contributed by atoms with Gasteiger partial charge in [-0.25, -0.2) is 0 Å². The molecule has 0 N–H and O–H groups in total. The first-order chi connectivity index (χ1) is 12.2. The first-order valence-corrected chi connectivity index (χ1v) is 12.3. The van der Waals surface area contributed by atoms with Crippen molar-refractivity contribution in [1.29, 1.82) is 0 Å². The Morgan fingerprint density at radius 1 is 0.821 bits per heavy atom. The molecule has 0 heterocycles. The van der Waals surface area contributed by atoms with E-state index in [4.69, 9.17) is 4.74 Å². The molecule has 0 fully saturated rings. The minimum absolute atomic E-state index is 0. The molecule has 0 amide bonds. The average molecular weight is 439 g/mol. The standard InChI is InChI=1S/C17H32NP.C8H14.Ti/c1-15(2,3)19(16(4,5)6,17(7,8)9)18-14-12-10-11-13-14;1-3-5-7-8-6-4-2;/h10-12H,13H2,1-9H3;5-8H,3-4H2,1-2H3;. The molecule has 28 heavy (non-hydrogen) atoms. The second-order valence-corrected chi connectivity index (χ2v) is 15.7. The second kappa shape index (κ2) is 12.6. The van der Waals surface area contributed by atoms with Gasteiger partial charge in [-0.15, -0.1) is 0 Å². The SMILES string of the molecule is CC(C)(C)P(=NC1=CC=CC1)(C(C)(C)C)C(C)(C)C.CCC=CC=CCC.[Ti]. The average Bonchev–Trinajstić information content (AvgIpc) is 2.99. The van der Waals surface area contributed by atoms with Crippen LogP contribution in [-0.2, 0) is 21.7 Å². The number of hydrogen-bond donors (Lipinski definition) is 0. The molecular formula is C25H46NPTi. The Bertz CT molecular complexity index is 560. The molecule has 0 saturated heterocycles. The molecule has 0 atom stereocenters. The molecule has 0 saturated carbocycles. The predicted octanol–water partition coefficient (Wildman–Crippen LogP) is 9.34. The van der Waals surface area contributed by atoms with E-state index in [1.165, 1.54) is 5.70 Å². The van der Waals surface area contributed by atoms with Crippen LogP contribution in [0.3, 0.4) is 0 Å². The zero-order valence-electron chi connectivity index (χ0n) is 20.6. The smallest absolute Gasteiger partial charge is 0.0425 e. The zero-order valence-corrected chi connectivity index (χ0v) is 23.0. The molecule has 1 nitrogen and oxygen atoms in total. The number of nitrogens with zero attached hydrogens (tertiary/aromatic N) is 1. The third-order valence-corrected chi connectivity index (χ3v) is 11.2. The van der Waals surface area contributed by atoms with Crippen molar-refractivity contribution >= 4 is 7.05 Å². The largest absolute Gasteiger partial charge is 0.270 e. The fourth-order valence-corrected chi connectivity index (χ4v) is 12.1. The van der Waals surface area contributed by atoms with E-state index in [0.717, 1.165) is 19.3 Å². The van der Waals surface area contributed by atoms with Crippen LogP contribution < -0.4 is 0 Å². The quantitative estimate of drug-likeness (QED) is 0.235. The van der Waals surface area contributed by atoms with Crippen LogP contribution in [0.15, 0.2) is 53.0 Å². The molecule has 160 valence electrons. The molecule has 3 heteroatoms. The molecule has 0 aromatic carbocycles. The Labute approximate surface area is 192 Å². The van der Waals surface area contributed by atoms with Gasteiger partial charge in [-0.3, -0.25) is 4.74 Å². The van der Waals surface area contributed by atoms with Gasteiger partial charge in [-0.05, 0) is 41.4 Å². The molecule has 1 rings (SSSR count). The zero-order chi connectivity index (χ0) is 21.4. The van der Waals surface area contributed by atoms with E-state index in [9.17, 15) is 0 Å². The third kappa shape index (κ3) is 8.34. The summed E-state index contributed by atoms with van der Waals surface area (Å²) in [6.45, 7) is 25.7. The minimum Gasteiger partial charge on any atom is -0.270 e. The van der Waals surface area contributed by atoms with Crippen LogP contribution in [0.1, 0.15) is 95.4 Å². The fourth-order valence-electron chi connectivity index (χ4n) is 4.60. The van der Waals surface area contributed by atoms with E-state index in [1.54, 1.807) is 0 Å². The molecule has 0 spiro atoms. The van der Waals surface area contributed by atoms with Gasteiger partial charge < -0.3 is 0 Å². The summed E-state index contributed by atoms with van der Waals surface area (Å²) in [5.41, 5.74) is 1.27. The molecule has 0 bridgehead atoms. The van der Waals surface area contributed by atoms with Crippen LogP contribution in [-0.4, -0.2) is 15.5 Å². The van der Waals surface area contributed by atoms with Gasteiger partial charge >= 0.3 is 0 Å². The predicted molar refractivity (Wildman–Crippen MR) is 129 cm³/mol. The van der Waals surface area contributed by atoms with Crippen LogP contribution in [0.2, 0.25) is 0 Å². The van der Waals surface area contributed by atoms with Crippen LogP contribution in [0.4, 0.5) is 0 Å². The van der Waals surface area contributed by atoms with Gasteiger partial charge in [-0.2, -0.15) is 0 Å². The number of rotatable bonds is 4. The number of hydrogen-bond acceptors (Lipinski definition) is 1. The molecule has 0 aromatic rings. The van der Waals surface area contributed by atoms with E-state index < -0.39 is 7.05 Å². The maximum Gasteiger partial charge on any atom is 0.0425 e. The van der Waals surface area contributed by atoms with Crippen LogP contribution >= 0.6 is 7.05 Å². The summed E-state index contributed by atoms with van der Waals surface area (Å²) in [6.07, 6.45) is 18.3. The van der Waals surface area contributed by atoms with Gasteiger partial charge in [0, 0.05) is 33.8 Å². The van der Waals surface area contributed by atoms with Crippen molar-refractivity contribution in [3.05, 3.63) is 48.2 Å². The summed E-state index contributed by atoms with van der Waals surface area (Å²) in [5.74, 6) is 0. The normalized spacial score (nSPS) is 15.3. The van der Waals surface area contributed by atoms with Gasteiger partial charge in [0.15, 0.2) is 0 Å². The maximum atomic E-state index is 5.43. The molecule has 0 unspecified atom stereocenters. The van der Waals surface area contributed by atoms with Gasteiger partial charge in [-0.1, -0.05) is 113 Å². The van der Waals surface area contributed by atoms with Crippen molar-refractivity contribution in [2.24, 2.45) is 4.74 Å². The number of allylic oxidation sites excluding steroid dienone is 7. The minimum atomic E-state index is -1.58. The first-order valence-electron chi connectivity index (χ1n) is 10.5. The van der Waals surface area contributed by atoms with E-state index in [-0.39, 0.29) is 37.2 Å². The van der Waals surface area contributed by atoms with Gasteiger partial charge in [0.1, 0.15) is 0 Å². The van der Waals surface area contributed by atoms with Crippen molar-refractivity contribution < 1.29 is 21.7 Å². The van der Waals surface area contributed by atoms with Crippen molar-refractivity contribution in [2.45, 2.75) is 111 Å². The summed E-state index contributed by atoms with van der Waals surface area (Å²) in [7, 11) is -1.58. The fraction of sp³-hybridized carbons (Fsp3) is 0.680. The maximum absolute atomic E-state index is 5.43. The summed E-state index contributed by atoms with van der Waals surface area (Å²) in [4.78, 5) is 0. The summed E-state index contributed by atoms with van der Waals surface area (Å²) < 4.78 is 5.43. The monoisotopic (exact) mass is 439 g/mol. The Balaban J connectivity index is 0. The Morgan fingerprint density at radius 2 is 1.21 bits per heavy atom. The van der Waals surface area contributed by atoms with Gasteiger partial charge in [0.25, 0.3) is 0 Å². The molecule has 1 aliphatic rings. The van der Waals surface area contributed by atoms with Crippen molar-refractivity contribution in [1.82, 2.24) is 0 Å². The molecule has 0 aromatic heterocycles. The topological polar surface area (TPSA) is 12.4 Å². The van der Waals surface area contributed by atoms with E-state index in [2.05, 4.69) is 119 Å². The third-order valence-electron chi connectivity index (χ3n) is 4.80.